The number of amides is 1. The molecule has 144 valence electrons. The van der Waals surface area contributed by atoms with Crippen LogP contribution in [0.2, 0.25) is 0 Å². The highest BCUT2D eigenvalue weighted by molar-refractivity contribution is 5.94. The Balaban J connectivity index is 1.32. The third-order valence-electron chi connectivity index (χ3n) is 6.46. The minimum atomic E-state index is 0.203. The molecule has 2 heterocycles. The summed E-state index contributed by atoms with van der Waals surface area (Å²) in [4.78, 5) is 15.3. The van der Waals surface area contributed by atoms with Gasteiger partial charge >= 0.3 is 0 Å². The van der Waals surface area contributed by atoms with Gasteiger partial charge in [-0.1, -0.05) is 42.3 Å². The molecule has 2 fully saturated rings. The van der Waals surface area contributed by atoms with Gasteiger partial charge in [0.2, 0.25) is 0 Å². The topological polar surface area (TPSA) is 51.0 Å². The Hall–Kier alpha value is -2.69. The van der Waals surface area contributed by atoms with Crippen molar-refractivity contribution in [1.29, 1.82) is 0 Å². The normalized spacial score (nSPS) is 22.2. The van der Waals surface area contributed by atoms with E-state index in [0.717, 1.165) is 35.1 Å². The average molecular weight is 374 g/mol. The first-order valence-corrected chi connectivity index (χ1v) is 10.5. The SMILES string of the molecule is O=C(c1ccc(Cn2nnc3ccccc32)cc1)N1CCC[C@@H]2CCCC[C@@H]21. The smallest absolute Gasteiger partial charge is 0.254 e. The molecule has 0 unspecified atom stereocenters. The molecule has 0 N–H and O–H groups in total. The van der Waals surface area contributed by atoms with Crippen LogP contribution in [0.5, 0.6) is 0 Å². The number of likely N-dealkylation sites (tertiary alicyclic amines) is 1. The first-order valence-electron chi connectivity index (χ1n) is 10.5. The predicted octanol–water partition coefficient (Wildman–Crippen LogP) is 4.27. The Morgan fingerprint density at radius 2 is 1.75 bits per heavy atom. The molecule has 5 rings (SSSR count). The molecule has 1 aliphatic heterocycles. The van der Waals surface area contributed by atoms with Crippen LogP contribution in [-0.2, 0) is 6.54 Å². The predicted molar refractivity (Wildman–Crippen MR) is 109 cm³/mol. The van der Waals surface area contributed by atoms with Crippen molar-refractivity contribution in [2.24, 2.45) is 5.92 Å². The van der Waals surface area contributed by atoms with E-state index in [-0.39, 0.29) is 5.91 Å². The molecule has 1 amide bonds. The molecule has 0 spiro atoms. The lowest BCUT2D eigenvalue weighted by molar-refractivity contribution is 0.0390. The number of piperidine rings is 1. The molecule has 0 bridgehead atoms. The Morgan fingerprint density at radius 1 is 0.964 bits per heavy atom. The number of fused-ring (bicyclic) bond motifs is 2. The van der Waals surface area contributed by atoms with Gasteiger partial charge in [0.25, 0.3) is 5.91 Å². The van der Waals surface area contributed by atoms with E-state index in [0.29, 0.717) is 18.5 Å². The Labute approximate surface area is 165 Å². The van der Waals surface area contributed by atoms with Crippen molar-refractivity contribution in [1.82, 2.24) is 19.9 Å². The van der Waals surface area contributed by atoms with E-state index in [2.05, 4.69) is 15.2 Å². The molecule has 3 aromatic rings. The second kappa shape index (κ2) is 7.38. The molecule has 2 aromatic carbocycles. The van der Waals surface area contributed by atoms with Crippen LogP contribution in [0, 0.1) is 5.92 Å². The molecular formula is C23H26N4O. The molecule has 2 atom stereocenters. The number of hydrogen-bond donors (Lipinski definition) is 0. The van der Waals surface area contributed by atoms with Crippen LogP contribution in [0.1, 0.15) is 54.4 Å². The van der Waals surface area contributed by atoms with E-state index >= 15 is 0 Å². The van der Waals surface area contributed by atoms with Gasteiger partial charge in [0.1, 0.15) is 5.52 Å². The zero-order chi connectivity index (χ0) is 18.9. The van der Waals surface area contributed by atoms with E-state index in [1.165, 1.54) is 32.1 Å². The highest BCUT2D eigenvalue weighted by atomic mass is 16.2. The van der Waals surface area contributed by atoms with E-state index in [4.69, 9.17) is 0 Å². The van der Waals surface area contributed by atoms with Crippen LogP contribution in [0.15, 0.2) is 48.5 Å². The molecule has 28 heavy (non-hydrogen) atoms. The fourth-order valence-electron chi connectivity index (χ4n) is 5.00. The maximum Gasteiger partial charge on any atom is 0.254 e. The summed E-state index contributed by atoms with van der Waals surface area (Å²) in [6, 6.07) is 16.5. The zero-order valence-electron chi connectivity index (χ0n) is 16.1. The number of hydrogen-bond acceptors (Lipinski definition) is 3. The maximum absolute atomic E-state index is 13.2. The highest BCUT2D eigenvalue weighted by Gasteiger charge is 2.35. The summed E-state index contributed by atoms with van der Waals surface area (Å²) in [5, 5.41) is 8.47. The van der Waals surface area contributed by atoms with Crippen LogP contribution in [0.4, 0.5) is 0 Å². The van der Waals surface area contributed by atoms with Crippen molar-refractivity contribution in [2.75, 3.05) is 6.54 Å². The fourth-order valence-corrected chi connectivity index (χ4v) is 5.00. The van der Waals surface area contributed by atoms with Crippen LogP contribution >= 0.6 is 0 Å². The second-order valence-corrected chi connectivity index (χ2v) is 8.19. The van der Waals surface area contributed by atoms with Crippen LogP contribution in [0.25, 0.3) is 11.0 Å². The van der Waals surface area contributed by atoms with Gasteiger partial charge in [-0.25, -0.2) is 4.68 Å². The van der Waals surface area contributed by atoms with Crippen LogP contribution in [0.3, 0.4) is 0 Å². The first kappa shape index (κ1) is 17.4. The lowest BCUT2D eigenvalue weighted by Crippen LogP contribution is -2.49. The maximum atomic E-state index is 13.2. The Morgan fingerprint density at radius 3 is 2.64 bits per heavy atom. The summed E-state index contributed by atoms with van der Waals surface area (Å²) in [5.41, 5.74) is 3.86. The molecular weight excluding hydrogens is 348 g/mol. The van der Waals surface area contributed by atoms with Gasteiger partial charge in [-0.05, 0) is 61.4 Å². The summed E-state index contributed by atoms with van der Waals surface area (Å²) in [5.74, 6) is 0.917. The highest BCUT2D eigenvalue weighted by Crippen LogP contribution is 2.35. The van der Waals surface area contributed by atoms with Gasteiger partial charge < -0.3 is 4.90 Å². The zero-order valence-corrected chi connectivity index (χ0v) is 16.1. The third-order valence-corrected chi connectivity index (χ3v) is 6.46. The number of benzene rings is 2. The van der Waals surface area contributed by atoms with E-state index in [1.807, 2.05) is 53.2 Å². The number of carbonyl (C=O) groups excluding carboxylic acids is 1. The second-order valence-electron chi connectivity index (χ2n) is 8.19. The van der Waals surface area contributed by atoms with Crippen molar-refractivity contribution in [3.8, 4) is 0 Å². The van der Waals surface area contributed by atoms with Gasteiger partial charge in [-0.3, -0.25) is 4.79 Å². The van der Waals surface area contributed by atoms with Gasteiger partial charge in [0.05, 0.1) is 12.1 Å². The molecule has 1 saturated heterocycles. The standard InChI is InChI=1S/C23H26N4O/c28-23(26-15-5-7-18-6-1-3-9-21(18)26)19-13-11-17(12-14-19)16-27-22-10-4-2-8-20(22)24-25-27/h2,4,8,10-14,18,21H,1,3,5-7,9,15-16H2/t18-,21-/m0/s1. The van der Waals surface area contributed by atoms with Gasteiger partial charge in [0, 0.05) is 18.2 Å². The van der Waals surface area contributed by atoms with Crippen molar-refractivity contribution in [3.05, 3.63) is 59.7 Å². The van der Waals surface area contributed by atoms with Crippen molar-refractivity contribution in [2.45, 2.75) is 51.1 Å². The first-order chi connectivity index (χ1) is 13.8. The number of carbonyl (C=O) groups is 1. The molecule has 5 nitrogen and oxygen atoms in total. The summed E-state index contributed by atoms with van der Waals surface area (Å²) in [6.45, 7) is 1.57. The van der Waals surface area contributed by atoms with Crippen molar-refractivity contribution in [3.63, 3.8) is 0 Å². The number of para-hydroxylation sites is 1. The van der Waals surface area contributed by atoms with Gasteiger partial charge in [-0.2, -0.15) is 0 Å². The number of rotatable bonds is 3. The minimum absolute atomic E-state index is 0.203. The Kier molecular flexibility index (Phi) is 4.59. The largest absolute Gasteiger partial charge is 0.335 e. The van der Waals surface area contributed by atoms with Crippen LogP contribution < -0.4 is 0 Å². The third kappa shape index (κ3) is 3.19. The average Bonchev–Trinajstić information content (AvgIpc) is 3.16. The van der Waals surface area contributed by atoms with E-state index < -0.39 is 0 Å². The molecule has 0 radical (unpaired) electrons. The molecule has 5 heteroatoms. The molecule has 1 aliphatic carbocycles. The fraction of sp³-hybridized carbons (Fsp3) is 0.435. The minimum Gasteiger partial charge on any atom is -0.335 e. The molecule has 1 aromatic heterocycles. The lowest BCUT2D eigenvalue weighted by atomic mass is 9.78. The summed E-state index contributed by atoms with van der Waals surface area (Å²) in [7, 11) is 0. The monoisotopic (exact) mass is 374 g/mol. The lowest BCUT2D eigenvalue weighted by Gasteiger charge is -2.44. The Bertz CT molecular complexity index is 976. The van der Waals surface area contributed by atoms with Crippen molar-refractivity contribution < 1.29 is 4.79 Å². The molecule has 1 saturated carbocycles. The van der Waals surface area contributed by atoms with E-state index in [1.54, 1.807) is 0 Å². The van der Waals surface area contributed by atoms with Crippen molar-refractivity contribution >= 4 is 16.9 Å². The number of aromatic nitrogens is 3. The van der Waals surface area contributed by atoms with Gasteiger partial charge in [-0.15, -0.1) is 5.10 Å². The quantitative estimate of drug-likeness (QED) is 0.688. The molecule has 2 aliphatic rings. The van der Waals surface area contributed by atoms with E-state index in [9.17, 15) is 4.79 Å². The van der Waals surface area contributed by atoms with Crippen LogP contribution in [-0.4, -0.2) is 38.4 Å². The van der Waals surface area contributed by atoms with Gasteiger partial charge in [0.15, 0.2) is 0 Å². The summed E-state index contributed by atoms with van der Waals surface area (Å²) in [6.07, 6.45) is 7.49. The summed E-state index contributed by atoms with van der Waals surface area (Å²) >= 11 is 0. The summed E-state index contributed by atoms with van der Waals surface area (Å²) < 4.78 is 1.91. The number of nitrogens with zero attached hydrogens (tertiary/aromatic N) is 4.